The van der Waals surface area contributed by atoms with E-state index in [4.69, 9.17) is 4.98 Å². The van der Waals surface area contributed by atoms with Gasteiger partial charge in [-0.15, -0.1) is 0 Å². The number of likely N-dealkylation sites (tertiary alicyclic amines) is 1. The van der Waals surface area contributed by atoms with Gasteiger partial charge in [-0.3, -0.25) is 4.79 Å². The number of hydrogen-bond acceptors (Lipinski definition) is 2. The number of imidazole rings is 1. The van der Waals surface area contributed by atoms with Gasteiger partial charge in [0, 0.05) is 12.2 Å². The summed E-state index contributed by atoms with van der Waals surface area (Å²) in [4.78, 5) is 24.8. The lowest BCUT2D eigenvalue weighted by Crippen LogP contribution is -3.14. The van der Waals surface area contributed by atoms with Crippen LogP contribution in [0, 0.1) is 0 Å². The molecular weight excluding hydrogens is 348 g/mol. The Hall–Kier alpha value is -2.66. The van der Waals surface area contributed by atoms with E-state index in [2.05, 4.69) is 35.3 Å². The van der Waals surface area contributed by atoms with Crippen molar-refractivity contribution in [2.24, 2.45) is 0 Å². The van der Waals surface area contributed by atoms with Gasteiger partial charge < -0.3 is 14.8 Å². The fraction of sp³-hybridized carbons (Fsp3) is 0.391. The van der Waals surface area contributed by atoms with Crippen molar-refractivity contribution in [2.45, 2.75) is 31.6 Å². The number of para-hydroxylation sites is 3. The lowest BCUT2D eigenvalue weighted by molar-refractivity contribution is -0.898. The second-order valence-corrected chi connectivity index (χ2v) is 8.14. The molecule has 2 N–H and O–H groups in total. The number of amides is 1. The Balaban J connectivity index is 1.29. The van der Waals surface area contributed by atoms with Gasteiger partial charge in [0.15, 0.2) is 6.54 Å². The van der Waals surface area contributed by atoms with E-state index in [9.17, 15) is 4.79 Å². The van der Waals surface area contributed by atoms with Gasteiger partial charge in [0.25, 0.3) is 5.91 Å². The van der Waals surface area contributed by atoms with Gasteiger partial charge in [0.2, 0.25) is 0 Å². The van der Waals surface area contributed by atoms with Crippen molar-refractivity contribution >= 4 is 22.6 Å². The Kier molecular flexibility index (Phi) is 4.61. The van der Waals surface area contributed by atoms with Crippen LogP contribution in [-0.2, 0) is 11.2 Å². The molecule has 0 bridgehead atoms. The molecule has 144 valence electrons. The first-order valence-electron chi connectivity index (χ1n) is 10.4. The zero-order valence-electron chi connectivity index (χ0n) is 16.2. The van der Waals surface area contributed by atoms with Crippen LogP contribution < -0.4 is 9.80 Å². The summed E-state index contributed by atoms with van der Waals surface area (Å²) in [6.45, 7) is 3.46. The van der Waals surface area contributed by atoms with E-state index >= 15 is 0 Å². The number of aromatic nitrogens is 2. The molecule has 5 rings (SSSR count). The zero-order valence-corrected chi connectivity index (χ0v) is 16.2. The number of carbonyl (C=O) groups is 1. The van der Waals surface area contributed by atoms with Crippen LogP contribution in [0.25, 0.3) is 11.0 Å². The number of aryl methyl sites for hydroxylation is 1. The lowest BCUT2D eigenvalue weighted by atomic mass is 9.97. The van der Waals surface area contributed by atoms with Crippen molar-refractivity contribution in [1.29, 1.82) is 0 Å². The van der Waals surface area contributed by atoms with E-state index in [0.717, 1.165) is 67.9 Å². The molecule has 3 heterocycles. The van der Waals surface area contributed by atoms with Crippen LogP contribution in [0.5, 0.6) is 0 Å². The fourth-order valence-corrected chi connectivity index (χ4v) is 4.81. The lowest BCUT2D eigenvalue weighted by Gasteiger charge is -2.33. The van der Waals surface area contributed by atoms with Gasteiger partial charge in [-0.05, 0) is 49.4 Å². The van der Waals surface area contributed by atoms with Crippen LogP contribution >= 0.6 is 0 Å². The molecule has 1 fully saturated rings. The van der Waals surface area contributed by atoms with E-state index in [0.29, 0.717) is 12.5 Å². The Labute approximate surface area is 165 Å². The first-order valence-corrected chi connectivity index (χ1v) is 10.4. The third kappa shape index (κ3) is 3.31. The van der Waals surface area contributed by atoms with Crippen molar-refractivity contribution in [3.8, 4) is 0 Å². The summed E-state index contributed by atoms with van der Waals surface area (Å²) in [5.41, 5.74) is 4.55. The molecule has 5 heteroatoms. The largest absolute Gasteiger partial charge is 0.342 e. The minimum absolute atomic E-state index is 0.257. The number of aromatic amines is 1. The zero-order chi connectivity index (χ0) is 18.9. The number of rotatable bonds is 3. The highest BCUT2D eigenvalue weighted by atomic mass is 16.2. The van der Waals surface area contributed by atoms with Gasteiger partial charge in [0.1, 0.15) is 5.82 Å². The normalized spacial score (nSPS) is 22.2. The predicted molar refractivity (Wildman–Crippen MR) is 111 cm³/mol. The molecule has 2 aromatic carbocycles. The Bertz CT molecular complexity index is 962. The Morgan fingerprint density at radius 2 is 2.00 bits per heavy atom. The number of carbonyl (C=O) groups excluding carboxylic acids is 1. The third-order valence-electron chi connectivity index (χ3n) is 6.22. The molecule has 28 heavy (non-hydrogen) atoms. The molecule has 5 nitrogen and oxygen atoms in total. The number of anilines is 1. The van der Waals surface area contributed by atoms with E-state index in [-0.39, 0.29) is 5.91 Å². The summed E-state index contributed by atoms with van der Waals surface area (Å²) >= 11 is 0. The molecule has 1 amide bonds. The van der Waals surface area contributed by atoms with E-state index in [1.54, 1.807) is 0 Å². The highest BCUT2D eigenvalue weighted by molar-refractivity contribution is 5.95. The van der Waals surface area contributed by atoms with Gasteiger partial charge in [0.05, 0.1) is 30.0 Å². The van der Waals surface area contributed by atoms with Gasteiger partial charge >= 0.3 is 0 Å². The van der Waals surface area contributed by atoms with Crippen LogP contribution in [0.2, 0.25) is 0 Å². The number of piperidine rings is 1. The summed E-state index contributed by atoms with van der Waals surface area (Å²) in [7, 11) is 0. The summed E-state index contributed by atoms with van der Waals surface area (Å²) in [6, 6.07) is 16.6. The number of hydrogen-bond donors (Lipinski definition) is 2. The molecule has 2 aliphatic heterocycles. The van der Waals surface area contributed by atoms with Crippen LogP contribution in [-0.4, -0.2) is 42.1 Å². The van der Waals surface area contributed by atoms with Crippen molar-refractivity contribution < 1.29 is 9.69 Å². The van der Waals surface area contributed by atoms with Crippen LogP contribution in [0.1, 0.15) is 36.6 Å². The van der Waals surface area contributed by atoms with Crippen molar-refractivity contribution in [2.75, 3.05) is 31.1 Å². The maximum absolute atomic E-state index is 13.1. The maximum atomic E-state index is 13.1. The third-order valence-corrected chi connectivity index (χ3v) is 6.22. The molecule has 0 aliphatic carbocycles. The first-order chi connectivity index (χ1) is 13.8. The van der Waals surface area contributed by atoms with Gasteiger partial charge in [-0.1, -0.05) is 30.3 Å². The smallest absolute Gasteiger partial charge is 0.282 e. The van der Waals surface area contributed by atoms with Crippen molar-refractivity contribution in [3.05, 3.63) is 59.9 Å². The number of fused-ring (bicyclic) bond motifs is 2. The fourth-order valence-electron chi connectivity index (χ4n) is 4.81. The number of quaternary nitrogens is 1. The molecule has 2 atom stereocenters. The predicted octanol–water partition coefficient (Wildman–Crippen LogP) is 2.30. The second kappa shape index (κ2) is 7.40. The Morgan fingerprint density at radius 3 is 2.93 bits per heavy atom. The van der Waals surface area contributed by atoms with Crippen LogP contribution in [0.15, 0.2) is 48.5 Å². The number of nitrogens with zero attached hydrogens (tertiary/aromatic N) is 2. The number of nitrogens with one attached hydrogen (secondary N) is 2. The van der Waals surface area contributed by atoms with Gasteiger partial charge in [-0.2, -0.15) is 0 Å². The molecule has 1 saturated heterocycles. The highest BCUT2D eigenvalue weighted by Crippen LogP contribution is 2.26. The topological polar surface area (TPSA) is 53.4 Å². The van der Waals surface area contributed by atoms with Gasteiger partial charge in [-0.25, -0.2) is 4.98 Å². The molecule has 0 spiro atoms. The summed E-state index contributed by atoms with van der Waals surface area (Å²) in [5.74, 6) is 1.74. The molecule has 1 aromatic heterocycles. The molecule has 0 radical (unpaired) electrons. The minimum Gasteiger partial charge on any atom is -0.342 e. The highest BCUT2D eigenvalue weighted by Gasteiger charge is 2.31. The standard InChI is InChI=1S/C23H26N4O/c28-22(27-14-6-8-17-7-1-4-12-21(17)27)16-26-13-5-9-18(15-26)23-24-19-10-2-3-11-20(19)25-23/h1-4,7,10-12,18H,5-6,8-9,13-16H2,(H,24,25)/p+1/t18-/m0/s1. The molecular formula is C23H27N4O+. The molecule has 0 saturated carbocycles. The second-order valence-electron chi connectivity index (χ2n) is 8.14. The molecule has 2 aliphatic rings. The quantitative estimate of drug-likeness (QED) is 0.738. The Morgan fingerprint density at radius 1 is 1.14 bits per heavy atom. The minimum atomic E-state index is 0.257. The number of H-pyrrole nitrogens is 1. The maximum Gasteiger partial charge on any atom is 0.282 e. The molecule has 1 unspecified atom stereocenters. The molecule has 3 aromatic rings. The summed E-state index contributed by atoms with van der Waals surface area (Å²) in [5, 5.41) is 0. The average Bonchev–Trinajstić information content (AvgIpc) is 3.18. The number of benzene rings is 2. The SMILES string of the molecule is O=C(C[NH+]1CCC[C@H](c2nc3ccccc3[nH]2)C1)N1CCCc2ccccc21. The van der Waals surface area contributed by atoms with E-state index < -0.39 is 0 Å². The average molecular weight is 375 g/mol. The first kappa shape index (κ1) is 17.4. The van der Waals surface area contributed by atoms with Crippen LogP contribution in [0.3, 0.4) is 0 Å². The summed E-state index contributed by atoms with van der Waals surface area (Å²) in [6.07, 6.45) is 4.41. The van der Waals surface area contributed by atoms with Crippen molar-refractivity contribution in [3.63, 3.8) is 0 Å². The van der Waals surface area contributed by atoms with Crippen LogP contribution in [0.4, 0.5) is 5.69 Å². The summed E-state index contributed by atoms with van der Waals surface area (Å²) < 4.78 is 0. The van der Waals surface area contributed by atoms with E-state index in [1.165, 1.54) is 10.5 Å². The van der Waals surface area contributed by atoms with E-state index in [1.807, 2.05) is 23.1 Å². The van der Waals surface area contributed by atoms with Crippen molar-refractivity contribution in [1.82, 2.24) is 9.97 Å². The monoisotopic (exact) mass is 375 g/mol.